The van der Waals surface area contributed by atoms with Gasteiger partial charge in [-0.05, 0) is 11.7 Å². The van der Waals surface area contributed by atoms with Crippen LogP contribution >= 0.6 is 23.1 Å². The van der Waals surface area contributed by atoms with Gasteiger partial charge in [0.05, 0.1) is 12.1 Å². The Morgan fingerprint density at radius 1 is 1.67 bits per heavy atom. The van der Waals surface area contributed by atoms with Crippen molar-refractivity contribution < 1.29 is 9.90 Å². The van der Waals surface area contributed by atoms with Gasteiger partial charge in [-0.25, -0.2) is 4.98 Å². The Hall–Kier alpha value is -0.550. The van der Waals surface area contributed by atoms with Crippen LogP contribution in [0.25, 0.3) is 0 Å². The summed E-state index contributed by atoms with van der Waals surface area (Å²) in [4.78, 5) is 14.7. The number of thioether (sulfide) groups is 1. The smallest absolute Gasteiger partial charge is 0.309 e. The topological polar surface area (TPSA) is 50.2 Å². The second-order valence-electron chi connectivity index (χ2n) is 3.71. The first kappa shape index (κ1) is 12.5. The molecule has 0 aliphatic carbocycles. The second-order valence-corrected chi connectivity index (χ2v) is 5.68. The highest BCUT2D eigenvalue weighted by Gasteiger charge is 2.06. The quantitative estimate of drug-likeness (QED) is 0.837. The Morgan fingerprint density at radius 2 is 2.40 bits per heavy atom. The summed E-state index contributed by atoms with van der Waals surface area (Å²) in [7, 11) is 0. The molecule has 1 aromatic heterocycles. The molecule has 0 aromatic carbocycles. The van der Waals surface area contributed by atoms with Gasteiger partial charge >= 0.3 is 5.97 Å². The molecule has 84 valence electrons. The van der Waals surface area contributed by atoms with Crippen LogP contribution in [-0.4, -0.2) is 21.8 Å². The lowest BCUT2D eigenvalue weighted by Crippen LogP contribution is -2.00. The standard InChI is InChI=1S/C10H15NO2S2/c1-7(2)4-14-6-9-11-8(5-15-9)3-10(12)13/h5,7H,3-4,6H2,1-2H3,(H,12,13). The van der Waals surface area contributed by atoms with E-state index in [2.05, 4.69) is 18.8 Å². The minimum absolute atomic E-state index is 0.0331. The van der Waals surface area contributed by atoms with Crippen LogP contribution in [0.5, 0.6) is 0 Å². The lowest BCUT2D eigenvalue weighted by molar-refractivity contribution is -0.136. The van der Waals surface area contributed by atoms with Crippen molar-refractivity contribution >= 4 is 29.1 Å². The molecule has 15 heavy (non-hydrogen) atoms. The molecule has 1 rings (SSSR count). The Kier molecular flexibility index (Phi) is 5.11. The van der Waals surface area contributed by atoms with Gasteiger partial charge < -0.3 is 5.11 Å². The maximum Gasteiger partial charge on any atom is 0.309 e. The van der Waals surface area contributed by atoms with Crippen LogP contribution in [0.4, 0.5) is 0 Å². The van der Waals surface area contributed by atoms with Crippen molar-refractivity contribution in [2.75, 3.05) is 5.75 Å². The summed E-state index contributed by atoms with van der Waals surface area (Å²) in [6.07, 6.45) is 0.0331. The van der Waals surface area contributed by atoms with E-state index in [4.69, 9.17) is 5.11 Å². The van der Waals surface area contributed by atoms with Gasteiger partial charge in [-0.2, -0.15) is 11.8 Å². The lowest BCUT2D eigenvalue weighted by atomic mass is 10.3. The first-order valence-electron chi connectivity index (χ1n) is 4.80. The van der Waals surface area contributed by atoms with E-state index in [1.54, 1.807) is 11.3 Å². The third-order valence-corrected chi connectivity index (χ3v) is 4.07. The minimum atomic E-state index is -0.818. The molecule has 1 heterocycles. The van der Waals surface area contributed by atoms with E-state index in [0.29, 0.717) is 11.6 Å². The number of hydrogen-bond donors (Lipinski definition) is 1. The van der Waals surface area contributed by atoms with Gasteiger partial charge in [-0.1, -0.05) is 13.8 Å². The molecule has 1 N–H and O–H groups in total. The van der Waals surface area contributed by atoms with Gasteiger partial charge in [0.15, 0.2) is 0 Å². The molecule has 0 radical (unpaired) electrons. The zero-order valence-electron chi connectivity index (χ0n) is 8.90. The number of carbonyl (C=O) groups is 1. The average molecular weight is 245 g/mol. The van der Waals surface area contributed by atoms with E-state index in [1.807, 2.05) is 17.1 Å². The maximum absolute atomic E-state index is 10.4. The summed E-state index contributed by atoms with van der Waals surface area (Å²) in [5.74, 6) is 1.88. The van der Waals surface area contributed by atoms with Crippen molar-refractivity contribution in [1.29, 1.82) is 0 Å². The van der Waals surface area contributed by atoms with Gasteiger partial charge in [0.2, 0.25) is 0 Å². The summed E-state index contributed by atoms with van der Waals surface area (Å²) >= 11 is 3.40. The molecular formula is C10H15NO2S2. The summed E-state index contributed by atoms with van der Waals surface area (Å²) in [6, 6.07) is 0. The molecule has 0 aliphatic rings. The number of carboxylic acid groups (broad SMARTS) is 1. The molecule has 1 aromatic rings. The van der Waals surface area contributed by atoms with E-state index in [0.717, 1.165) is 16.5 Å². The van der Waals surface area contributed by atoms with Crippen molar-refractivity contribution in [1.82, 2.24) is 4.98 Å². The number of thiazole rings is 1. The summed E-state index contributed by atoms with van der Waals surface area (Å²) in [5.41, 5.74) is 0.674. The molecule has 0 unspecified atom stereocenters. The van der Waals surface area contributed by atoms with Crippen LogP contribution in [-0.2, 0) is 17.0 Å². The third-order valence-electron chi connectivity index (χ3n) is 1.61. The van der Waals surface area contributed by atoms with Crippen molar-refractivity contribution in [2.45, 2.75) is 26.0 Å². The van der Waals surface area contributed by atoms with Crippen molar-refractivity contribution in [3.63, 3.8) is 0 Å². The number of nitrogens with zero attached hydrogens (tertiary/aromatic N) is 1. The van der Waals surface area contributed by atoms with E-state index in [1.165, 1.54) is 0 Å². The van der Waals surface area contributed by atoms with Gasteiger partial charge in [-0.15, -0.1) is 11.3 Å². The Labute approximate surface area is 97.9 Å². The fourth-order valence-corrected chi connectivity index (χ4v) is 2.96. The van der Waals surface area contributed by atoms with Crippen molar-refractivity contribution in [3.8, 4) is 0 Å². The largest absolute Gasteiger partial charge is 0.481 e. The molecule has 0 atom stereocenters. The first-order chi connectivity index (χ1) is 7.08. The molecule has 0 fully saturated rings. The molecule has 0 aliphatic heterocycles. The number of aromatic nitrogens is 1. The van der Waals surface area contributed by atoms with Crippen LogP contribution in [0.1, 0.15) is 24.5 Å². The Bertz CT molecular complexity index is 323. The fourth-order valence-electron chi connectivity index (χ4n) is 1.03. The van der Waals surface area contributed by atoms with E-state index in [9.17, 15) is 4.79 Å². The second kappa shape index (κ2) is 6.12. The van der Waals surface area contributed by atoms with E-state index >= 15 is 0 Å². The molecule has 0 spiro atoms. The molecule has 0 saturated carbocycles. The highest BCUT2D eigenvalue weighted by Crippen LogP contribution is 2.18. The normalized spacial score (nSPS) is 10.9. The Balaban J connectivity index is 2.36. The van der Waals surface area contributed by atoms with Crippen molar-refractivity contribution in [2.24, 2.45) is 5.92 Å². The number of hydrogen-bond acceptors (Lipinski definition) is 4. The average Bonchev–Trinajstić information content (AvgIpc) is 2.50. The van der Waals surface area contributed by atoms with Gasteiger partial charge in [0.25, 0.3) is 0 Å². The summed E-state index contributed by atoms with van der Waals surface area (Å²) in [6.45, 7) is 4.37. The SMILES string of the molecule is CC(C)CSCc1nc(CC(=O)O)cs1. The fraction of sp³-hybridized carbons (Fsp3) is 0.600. The van der Waals surface area contributed by atoms with E-state index < -0.39 is 5.97 Å². The van der Waals surface area contributed by atoms with Crippen molar-refractivity contribution in [3.05, 3.63) is 16.1 Å². The van der Waals surface area contributed by atoms with Gasteiger partial charge in [0.1, 0.15) is 5.01 Å². The Morgan fingerprint density at radius 3 is 3.00 bits per heavy atom. The zero-order valence-corrected chi connectivity index (χ0v) is 10.5. The zero-order chi connectivity index (χ0) is 11.3. The molecule has 0 bridgehead atoms. The monoisotopic (exact) mass is 245 g/mol. The van der Waals surface area contributed by atoms with Crippen LogP contribution in [0.15, 0.2) is 5.38 Å². The molecule has 5 heteroatoms. The van der Waals surface area contributed by atoms with Gasteiger partial charge in [-0.3, -0.25) is 4.79 Å². The molecule has 0 saturated heterocycles. The predicted octanol–water partition coefficient (Wildman–Crippen LogP) is 2.66. The molecule has 3 nitrogen and oxygen atoms in total. The number of aliphatic carboxylic acids is 1. The molecule has 0 amide bonds. The van der Waals surface area contributed by atoms with Crippen LogP contribution in [0, 0.1) is 5.92 Å². The molecular weight excluding hydrogens is 230 g/mol. The van der Waals surface area contributed by atoms with E-state index in [-0.39, 0.29) is 6.42 Å². The predicted molar refractivity (Wildman–Crippen MR) is 64.5 cm³/mol. The first-order valence-corrected chi connectivity index (χ1v) is 6.84. The third kappa shape index (κ3) is 5.18. The maximum atomic E-state index is 10.4. The number of carboxylic acids is 1. The van der Waals surface area contributed by atoms with Crippen LogP contribution in [0.3, 0.4) is 0 Å². The van der Waals surface area contributed by atoms with Gasteiger partial charge in [0, 0.05) is 11.1 Å². The highest BCUT2D eigenvalue weighted by molar-refractivity contribution is 7.98. The number of rotatable bonds is 6. The summed E-state index contributed by atoms with van der Waals surface area (Å²) in [5, 5.41) is 11.4. The van der Waals surface area contributed by atoms with Crippen LogP contribution in [0.2, 0.25) is 0 Å². The highest BCUT2D eigenvalue weighted by atomic mass is 32.2. The summed E-state index contributed by atoms with van der Waals surface area (Å²) < 4.78 is 0. The minimum Gasteiger partial charge on any atom is -0.481 e. The van der Waals surface area contributed by atoms with Crippen LogP contribution < -0.4 is 0 Å². The lowest BCUT2D eigenvalue weighted by Gasteiger charge is -2.01.